The number of hydrogen-bond donors (Lipinski definition) is 1. The maximum Gasteiger partial charge on any atom is 0.338 e. The Labute approximate surface area is 173 Å². The number of carbonyl (C=O) groups is 2. The van der Waals surface area contributed by atoms with E-state index in [4.69, 9.17) is 4.74 Å². The molecule has 1 N–H and O–H groups in total. The topological polar surface area (TPSA) is 115 Å². The number of nitrogens with zero attached hydrogens (tertiary/aromatic N) is 6. The van der Waals surface area contributed by atoms with Crippen LogP contribution in [0.25, 0.3) is 11.2 Å². The number of unbranched alkanes of at least 4 members (excludes halogenated alkanes) is 1. The number of anilines is 2. The smallest absolute Gasteiger partial charge is 0.338 e. The third-order valence-corrected chi connectivity index (χ3v) is 5.04. The minimum atomic E-state index is -0.351. The molecule has 1 fully saturated rings. The minimum absolute atomic E-state index is 0.0750. The van der Waals surface area contributed by atoms with E-state index in [1.54, 1.807) is 36.0 Å². The first-order valence-corrected chi connectivity index (χ1v) is 9.90. The molecule has 3 heterocycles. The molecule has 3 aromatic rings. The van der Waals surface area contributed by atoms with Crippen LogP contribution in [0.2, 0.25) is 0 Å². The Morgan fingerprint density at radius 3 is 2.70 bits per heavy atom. The molecule has 0 unspecified atom stereocenters. The Kier molecular flexibility index (Phi) is 5.55. The number of nitrogens with one attached hydrogen (secondary N) is 1. The van der Waals surface area contributed by atoms with Crippen LogP contribution in [0.4, 0.5) is 11.5 Å². The number of carbonyl (C=O) groups excluding carboxylic acids is 2. The average molecular weight is 409 g/mol. The quantitative estimate of drug-likeness (QED) is 0.464. The molecule has 0 aliphatic carbocycles. The first-order valence-electron chi connectivity index (χ1n) is 9.90. The lowest BCUT2D eigenvalue weighted by Gasteiger charge is -2.38. The van der Waals surface area contributed by atoms with Gasteiger partial charge in [0.2, 0.25) is 5.91 Å². The van der Waals surface area contributed by atoms with Crippen LogP contribution in [0, 0.1) is 5.92 Å². The summed E-state index contributed by atoms with van der Waals surface area (Å²) in [5.41, 5.74) is 2.39. The van der Waals surface area contributed by atoms with E-state index in [-0.39, 0.29) is 17.8 Å². The predicted octanol–water partition coefficient (Wildman–Crippen LogP) is 1.79. The molecule has 1 aromatic carbocycles. The predicted molar refractivity (Wildman–Crippen MR) is 110 cm³/mol. The molecule has 156 valence electrons. The van der Waals surface area contributed by atoms with Crippen LogP contribution in [0.15, 0.2) is 30.6 Å². The largest absolute Gasteiger partial charge is 0.462 e. The van der Waals surface area contributed by atoms with E-state index in [1.807, 2.05) is 11.8 Å². The Morgan fingerprint density at radius 1 is 1.20 bits per heavy atom. The van der Waals surface area contributed by atoms with Crippen molar-refractivity contribution >= 4 is 34.5 Å². The van der Waals surface area contributed by atoms with E-state index in [0.717, 1.165) is 12.8 Å². The fraction of sp³-hybridized carbons (Fsp3) is 0.400. The van der Waals surface area contributed by atoms with Gasteiger partial charge in [0.15, 0.2) is 17.0 Å². The van der Waals surface area contributed by atoms with Crippen LogP contribution >= 0.6 is 0 Å². The lowest BCUT2D eigenvalue weighted by Crippen LogP contribution is -2.52. The van der Waals surface area contributed by atoms with Crippen molar-refractivity contribution in [3.8, 4) is 0 Å². The summed E-state index contributed by atoms with van der Waals surface area (Å²) in [6.45, 7) is 3.53. The van der Waals surface area contributed by atoms with Gasteiger partial charge in [-0.2, -0.15) is 0 Å². The Hall–Kier alpha value is -3.56. The van der Waals surface area contributed by atoms with Crippen molar-refractivity contribution in [3.05, 3.63) is 36.2 Å². The first kappa shape index (κ1) is 19.7. The standard InChI is InChI=1S/C20H23N7O3/c1-3-4-9-30-20(29)13-5-7-15(8-6-13)23-19(28)14-10-27(11-14)18-16-17(21-12-22-18)26(2)25-24-16/h5-8,12,14H,3-4,9-11H2,1-2H3,(H,23,28). The summed E-state index contributed by atoms with van der Waals surface area (Å²) in [6.07, 6.45) is 3.29. The molecule has 1 aliphatic rings. The summed E-state index contributed by atoms with van der Waals surface area (Å²) in [5, 5.41) is 11.0. The van der Waals surface area contributed by atoms with Gasteiger partial charge in [0, 0.05) is 25.8 Å². The zero-order valence-corrected chi connectivity index (χ0v) is 16.9. The average Bonchev–Trinajstić information content (AvgIpc) is 3.09. The summed E-state index contributed by atoms with van der Waals surface area (Å²) < 4.78 is 6.78. The SMILES string of the molecule is CCCCOC(=O)c1ccc(NC(=O)C2CN(c3ncnc4c3nnn4C)C2)cc1. The van der Waals surface area contributed by atoms with Gasteiger partial charge in [0.25, 0.3) is 0 Å². The molecular formula is C20H23N7O3. The van der Waals surface area contributed by atoms with E-state index < -0.39 is 0 Å². The second-order valence-corrected chi connectivity index (χ2v) is 7.24. The molecule has 2 aromatic heterocycles. The molecular weight excluding hydrogens is 386 g/mol. The van der Waals surface area contributed by atoms with E-state index in [1.165, 1.54) is 6.33 Å². The molecule has 0 spiro atoms. The van der Waals surface area contributed by atoms with Gasteiger partial charge < -0.3 is 15.0 Å². The lowest BCUT2D eigenvalue weighted by molar-refractivity contribution is -0.120. The lowest BCUT2D eigenvalue weighted by atomic mass is 9.99. The Balaban J connectivity index is 1.32. The highest BCUT2D eigenvalue weighted by atomic mass is 16.5. The molecule has 10 nitrogen and oxygen atoms in total. The summed E-state index contributed by atoms with van der Waals surface area (Å²) in [6, 6.07) is 6.72. The normalized spacial score (nSPS) is 13.9. The van der Waals surface area contributed by atoms with Gasteiger partial charge in [-0.3, -0.25) is 4.79 Å². The van der Waals surface area contributed by atoms with Crippen LogP contribution in [0.5, 0.6) is 0 Å². The Morgan fingerprint density at radius 2 is 1.97 bits per heavy atom. The van der Waals surface area contributed by atoms with Gasteiger partial charge in [0.05, 0.1) is 18.1 Å². The minimum Gasteiger partial charge on any atom is -0.462 e. The van der Waals surface area contributed by atoms with Gasteiger partial charge in [-0.1, -0.05) is 18.6 Å². The van der Waals surface area contributed by atoms with Crippen LogP contribution in [0.1, 0.15) is 30.1 Å². The third kappa shape index (κ3) is 3.93. The van der Waals surface area contributed by atoms with E-state index in [0.29, 0.717) is 47.9 Å². The molecule has 1 amide bonds. The van der Waals surface area contributed by atoms with Crippen molar-refractivity contribution in [2.24, 2.45) is 13.0 Å². The van der Waals surface area contributed by atoms with Crippen molar-refractivity contribution in [1.82, 2.24) is 25.0 Å². The van der Waals surface area contributed by atoms with E-state index in [2.05, 4.69) is 25.6 Å². The van der Waals surface area contributed by atoms with Gasteiger partial charge in [-0.05, 0) is 30.7 Å². The van der Waals surface area contributed by atoms with Crippen molar-refractivity contribution in [1.29, 1.82) is 0 Å². The van der Waals surface area contributed by atoms with Crippen LogP contribution in [-0.2, 0) is 16.6 Å². The summed E-state index contributed by atoms with van der Waals surface area (Å²) in [4.78, 5) is 34.9. The highest BCUT2D eigenvalue weighted by molar-refractivity contribution is 5.96. The van der Waals surface area contributed by atoms with Crippen molar-refractivity contribution in [2.75, 3.05) is 29.9 Å². The number of aryl methyl sites for hydroxylation is 1. The first-order chi connectivity index (χ1) is 14.6. The van der Waals surface area contributed by atoms with Crippen LogP contribution in [-0.4, -0.2) is 56.5 Å². The van der Waals surface area contributed by atoms with Crippen molar-refractivity contribution < 1.29 is 14.3 Å². The van der Waals surface area contributed by atoms with E-state index >= 15 is 0 Å². The number of aromatic nitrogens is 5. The molecule has 10 heteroatoms. The van der Waals surface area contributed by atoms with Gasteiger partial charge in [0.1, 0.15) is 6.33 Å². The molecule has 0 radical (unpaired) electrons. The fourth-order valence-electron chi connectivity index (χ4n) is 3.22. The highest BCUT2D eigenvalue weighted by Crippen LogP contribution is 2.28. The molecule has 30 heavy (non-hydrogen) atoms. The van der Waals surface area contributed by atoms with Crippen LogP contribution in [0.3, 0.4) is 0 Å². The number of rotatable bonds is 7. The molecule has 0 atom stereocenters. The summed E-state index contributed by atoms with van der Waals surface area (Å²) >= 11 is 0. The maximum absolute atomic E-state index is 12.5. The number of amides is 1. The zero-order valence-electron chi connectivity index (χ0n) is 16.9. The van der Waals surface area contributed by atoms with Crippen molar-refractivity contribution in [2.45, 2.75) is 19.8 Å². The molecule has 1 saturated heterocycles. The molecule has 1 aliphatic heterocycles. The molecule has 4 rings (SSSR count). The number of ether oxygens (including phenoxy) is 1. The fourth-order valence-corrected chi connectivity index (χ4v) is 3.22. The molecule has 0 bridgehead atoms. The maximum atomic E-state index is 12.5. The second kappa shape index (κ2) is 8.44. The summed E-state index contributed by atoms with van der Waals surface area (Å²) in [5.74, 6) is 0.0959. The number of benzene rings is 1. The van der Waals surface area contributed by atoms with Gasteiger partial charge >= 0.3 is 5.97 Å². The van der Waals surface area contributed by atoms with Crippen LogP contribution < -0.4 is 10.2 Å². The second-order valence-electron chi connectivity index (χ2n) is 7.24. The van der Waals surface area contributed by atoms with Gasteiger partial charge in [-0.15, -0.1) is 5.10 Å². The zero-order chi connectivity index (χ0) is 21.1. The van der Waals surface area contributed by atoms with Gasteiger partial charge in [-0.25, -0.2) is 19.4 Å². The number of fused-ring (bicyclic) bond motifs is 1. The highest BCUT2D eigenvalue weighted by Gasteiger charge is 2.35. The molecule has 0 saturated carbocycles. The van der Waals surface area contributed by atoms with Crippen molar-refractivity contribution in [3.63, 3.8) is 0 Å². The van der Waals surface area contributed by atoms with E-state index in [9.17, 15) is 9.59 Å². The number of hydrogen-bond acceptors (Lipinski definition) is 8. The number of esters is 1. The summed E-state index contributed by atoms with van der Waals surface area (Å²) in [7, 11) is 1.77. The third-order valence-electron chi connectivity index (χ3n) is 5.04. The Bertz CT molecular complexity index is 1060. The monoisotopic (exact) mass is 409 g/mol.